The first kappa shape index (κ1) is 21.9. The van der Waals surface area contributed by atoms with Crippen molar-refractivity contribution in [1.29, 1.82) is 0 Å². The number of nitrogens with zero attached hydrogens (tertiary/aromatic N) is 6. The number of nitrogens with one attached hydrogen (secondary N) is 1. The number of carbonyl (C=O) groups excluding carboxylic acids is 1. The Morgan fingerprint density at radius 1 is 1.29 bits per heavy atom. The molecule has 3 aromatic heterocycles. The number of fused-ring (bicyclic) bond motifs is 2. The smallest absolute Gasteiger partial charge is 0.407 e. The summed E-state index contributed by atoms with van der Waals surface area (Å²) < 4.78 is 7.13. The molecule has 2 amide bonds. The Hall–Kier alpha value is -3.93. The molecule has 1 aliphatic heterocycles. The Kier molecular flexibility index (Phi) is 4.86. The van der Waals surface area contributed by atoms with Gasteiger partial charge in [-0.05, 0) is 23.6 Å². The van der Waals surface area contributed by atoms with E-state index in [1.54, 1.807) is 22.9 Å². The van der Waals surface area contributed by atoms with Crippen molar-refractivity contribution in [2.75, 3.05) is 17.6 Å². The van der Waals surface area contributed by atoms with Crippen molar-refractivity contribution < 1.29 is 19.1 Å². The molecule has 4 aromatic rings. The number of nitrogen functional groups attached to an aromatic ring is 1. The summed E-state index contributed by atoms with van der Waals surface area (Å²) in [7, 11) is 0. The number of rotatable bonds is 3. The molecule has 0 aliphatic carbocycles. The molecular formula is C21H21ClN8O4. The van der Waals surface area contributed by atoms with Crippen LogP contribution in [0.3, 0.4) is 0 Å². The Balaban J connectivity index is 1.54. The molecule has 2 unspecified atom stereocenters. The molecule has 13 heteroatoms. The van der Waals surface area contributed by atoms with E-state index in [9.17, 15) is 14.7 Å². The fourth-order valence-electron chi connectivity index (χ4n) is 4.43. The van der Waals surface area contributed by atoms with Gasteiger partial charge in [0, 0.05) is 11.6 Å². The quantitative estimate of drug-likeness (QED) is 0.395. The molecule has 2 atom stereocenters. The summed E-state index contributed by atoms with van der Waals surface area (Å²) in [6, 6.07) is 4.15. The molecule has 176 valence electrons. The molecule has 1 saturated heterocycles. The number of carbonyl (C=O) groups is 2. The number of aromatic nitrogens is 5. The zero-order valence-corrected chi connectivity index (χ0v) is 19.2. The van der Waals surface area contributed by atoms with E-state index in [0.29, 0.717) is 21.8 Å². The van der Waals surface area contributed by atoms with E-state index < -0.39 is 12.0 Å². The van der Waals surface area contributed by atoms with Gasteiger partial charge in [0.15, 0.2) is 16.9 Å². The van der Waals surface area contributed by atoms with Crippen LogP contribution in [0.15, 0.2) is 28.9 Å². The highest BCUT2D eigenvalue weighted by molar-refractivity contribution is 6.31. The molecule has 5 rings (SSSR count). The third-order valence-electron chi connectivity index (χ3n) is 5.83. The van der Waals surface area contributed by atoms with E-state index in [2.05, 4.69) is 25.4 Å². The standard InChI is InChI=1S/C21H21ClN8O4/c1-21(2,3)15-11(7-29(15)20(32)33)30-17-13(16(23)24-8-25-17)14(28-30)18(31)27-19-26-10-6-9(22)4-5-12(10)34-19/h4-6,8,11,15H,7H2,1-3H3,(H,32,33)(H2,23,24,25)(H,26,27,31). The van der Waals surface area contributed by atoms with E-state index >= 15 is 0 Å². The summed E-state index contributed by atoms with van der Waals surface area (Å²) in [6.45, 7) is 6.04. The Labute approximate surface area is 197 Å². The normalized spacial score (nSPS) is 18.3. The Bertz CT molecular complexity index is 1460. The number of halogens is 1. The number of hydrogen-bond donors (Lipinski definition) is 3. The molecule has 4 heterocycles. The van der Waals surface area contributed by atoms with Crippen molar-refractivity contribution in [2.24, 2.45) is 5.41 Å². The third-order valence-corrected chi connectivity index (χ3v) is 6.07. The van der Waals surface area contributed by atoms with Gasteiger partial charge in [-0.3, -0.25) is 10.1 Å². The van der Waals surface area contributed by atoms with E-state index in [-0.39, 0.29) is 47.0 Å². The first-order chi connectivity index (χ1) is 16.0. The molecule has 0 bridgehead atoms. The number of carboxylic acid groups (broad SMARTS) is 1. The molecule has 0 spiro atoms. The van der Waals surface area contributed by atoms with Crippen molar-refractivity contribution >= 4 is 57.6 Å². The lowest BCUT2D eigenvalue weighted by molar-refractivity contribution is -0.0305. The summed E-state index contributed by atoms with van der Waals surface area (Å²) in [5.74, 6) is -0.544. The second kappa shape index (κ2) is 7.55. The molecule has 1 fully saturated rings. The summed E-state index contributed by atoms with van der Waals surface area (Å²) in [6.07, 6.45) is 0.262. The van der Waals surface area contributed by atoms with Gasteiger partial charge >= 0.3 is 12.1 Å². The first-order valence-electron chi connectivity index (χ1n) is 10.4. The second-order valence-electron chi connectivity index (χ2n) is 9.15. The second-order valence-corrected chi connectivity index (χ2v) is 9.59. The van der Waals surface area contributed by atoms with Crippen molar-refractivity contribution in [3.8, 4) is 0 Å². The maximum atomic E-state index is 13.2. The maximum absolute atomic E-state index is 13.2. The maximum Gasteiger partial charge on any atom is 0.407 e. The monoisotopic (exact) mass is 484 g/mol. The summed E-state index contributed by atoms with van der Waals surface area (Å²) in [4.78, 5) is 38.8. The average molecular weight is 485 g/mol. The lowest BCUT2D eigenvalue weighted by atomic mass is 9.76. The van der Waals surface area contributed by atoms with Crippen molar-refractivity contribution in [1.82, 2.24) is 29.6 Å². The fourth-order valence-corrected chi connectivity index (χ4v) is 4.60. The van der Waals surface area contributed by atoms with E-state index in [1.807, 2.05) is 20.8 Å². The van der Waals surface area contributed by atoms with Crippen LogP contribution in [0.4, 0.5) is 16.6 Å². The van der Waals surface area contributed by atoms with E-state index in [4.69, 9.17) is 21.8 Å². The Morgan fingerprint density at radius 3 is 2.76 bits per heavy atom. The first-order valence-corrected chi connectivity index (χ1v) is 10.8. The number of benzene rings is 1. The van der Waals surface area contributed by atoms with Crippen molar-refractivity contribution in [3.63, 3.8) is 0 Å². The topological polar surface area (TPSA) is 165 Å². The number of likely N-dealkylation sites (tertiary alicyclic amines) is 1. The number of amides is 2. The number of hydrogen-bond acceptors (Lipinski definition) is 8. The van der Waals surface area contributed by atoms with Crippen LogP contribution in [0.5, 0.6) is 0 Å². The SMILES string of the molecule is CC(C)(C)C1C(n2nc(C(=O)Nc3nc4cc(Cl)ccc4o3)c3c(N)ncnc32)CN1C(=O)O. The predicted octanol–water partition coefficient (Wildman–Crippen LogP) is 3.40. The molecular weight excluding hydrogens is 464 g/mol. The lowest BCUT2D eigenvalue weighted by Gasteiger charge is -2.52. The molecule has 34 heavy (non-hydrogen) atoms. The van der Waals surface area contributed by atoms with Crippen LogP contribution >= 0.6 is 11.6 Å². The summed E-state index contributed by atoms with van der Waals surface area (Å²) >= 11 is 5.99. The summed E-state index contributed by atoms with van der Waals surface area (Å²) in [5.41, 5.74) is 6.96. The van der Waals surface area contributed by atoms with Gasteiger partial charge in [-0.25, -0.2) is 19.4 Å². The Morgan fingerprint density at radius 2 is 2.06 bits per heavy atom. The molecule has 1 aliphatic rings. The minimum atomic E-state index is -1.02. The van der Waals surface area contributed by atoms with Crippen LogP contribution < -0.4 is 11.1 Å². The highest BCUT2D eigenvalue weighted by atomic mass is 35.5. The van der Waals surface area contributed by atoms with Crippen LogP contribution in [0, 0.1) is 5.41 Å². The molecule has 0 saturated carbocycles. The highest BCUT2D eigenvalue weighted by Gasteiger charge is 2.50. The largest absolute Gasteiger partial charge is 0.465 e. The fraction of sp³-hybridized carbons (Fsp3) is 0.333. The molecule has 12 nitrogen and oxygen atoms in total. The van der Waals surface area contributed by atoms with Crippen LogP contribution in [-0.4, -0.2) is 59.3 Å². The van der Waals surface area contributed by atoms with Crippen molar-refractivity contribution in [2.45, 2.75) is 32.9 Å². The zero-order chi connectivity index (χ0) is 24.4. The predicted molar refractivity (Wildman–Crippen MR) is 124 cm³/mol. The average Bonchev–Trinajstić information content (AvgIpc) is 3.27. The van der Waals surface area contributed by atoms with Gasteiger partial charge in [-0.15, -0.1) is 0 Å². The van der Waals surface area contributed by atoms with Gasteiger partial charge in [-0.1, -0.05) is 32.4 Å². The van der Waals surface area contributed by atoms with E-state index in [1.165, 1.54) is 11.2 Å². The zero-order valence-electron chi connectivity index (χ0n) is 18.5. The van der Waals surface area contributed by atoms with Gasteiger partial charge in [0.1, 0.15) is 17.7 Å². The van der Waals surface area contributed by atoms with E-state index in [0.717, 1.165) is 0 Å². The van der Waals surface area contributed by atoms with Crippen LogP contribution in [-0.2, 0) is 0 Å². The number of nitrogens with two attached hydrogens (primary N) is 1. The lowest BCUT2D eigenvalue weighted by Crippen LogP contribution is -2.63. The highest BCUT2D eigenvalue weighted by Crippen LogP contribution is 2.42. The molecule has 1 aromatic carbocycles. The number of anilines is 2. The summed E-state index contributed by atoms with van der Waals surface area (Å²) in [5, 5.41) is 17.4. The third kappa shape index (κ3) is 3.46. The minimum Gasteiger partial charge on any atom is -0.465 e. The van der Waals surface area contributed by atoms with Crippen LogP contribution in [0.1, 0.15) is 37.3 Å². The van der Waals surface area contributed by atoms with Gasteiger partial charge in [-0.2, -0.15) is 10.1 Å². The van der Waals surface area contributed by atoms with Gasteiger partial charge in [0.25, 0.3) is 5.91 Å². The van der Waals surface area contributed by atoms with Crippen LogP contribution in [0.2, 0.25) is 5.02 Å². The number of oxazole rings is 1. The molecule has 0 radical (unpaired) electrons. The van der Waals surface area contributed by atoms with Crippen molar-refractivity contribution in [3.05, 3.63) is 35.2 Å². The van der Waals surface area contributed by atoms with Gasteiger partial charge < -0.3 is 20.2 Å². The molecule has 4 N–H and O–H groups in total. The van der Waals surface area contributed by atoms with Gasteiger partial charge in [0.2, 0.25) is 0 Å². The van der Waals surface area contributed by atoms with Crippen LogP contribution in [0.25, 0.3) is 22.1 Å². The minimum absolute atomic E-state index is 0.0187. The van der Waals surface area contributed by atoms with Gasteiger partial charge in [0.05, 0.1) is 17.5 Å².